The molecule has 0 spiro atoms. The van der Waals surface area contributed by atoms with Crippen LogP contribution in [0.3, 0.4) is 0 Å². The quantitative estimate of drug-likeness (QED) is 0.518. The van der Waals surface area contributed by atoms with Crippen molar-refractivity contribution in [2.75, 3.05) is 38.2 Å². The molecule has 0 radical (unpaired) electrons. The molecule has 2 N–H and O–H groups in total. The number of carbonyl (C=O) groups is 3. The van der Waals surface area contributed by atoms with Crippen LogP contribution in [0, 0.1) is 5.92 Å². The van der Waals surface area contributed by atoms with E-state index in [1.165, 1.54) is 22.5 Å². The van der Waals surface area contributed by atoms with Crippen molar-refractivity contribution in [3.63, 3.8) is 0 Å². The molecule has 1 aromatic carbocycles. The van der Waals surface area contributed by atoms with Crippen LogP contribution in [0.4, 0.5) is 10.5 Å². The Labute approximate surface area is 198 Å². The Bertz CT molecular complexity index is 1100. The van der Waals surface area contributed by atoms with Gasteiger partial charge >= 0.3 is 6.03 Å². The van der Waals surface area contributed by atoms with Gasteiger partial charge in [0.1, 0.15) is 17.8 Å². The molecule has 0 aromatic heterocycles. The topological polar surface area (TPSA) is 134 Å². The Morgan fingerprint density at radius 3 is 2.56 bits per heavy atom. The van der Waals surface area contributed by atoms with Crippen LogP contribution in [0.1, 0.15) is 33.6 Å². The van der Waals surface area contributed by atoms with Gasteiger partial charge in [0.15, 0.2) is 0 Å². The average molecular weight is 495 g/mol. The van der Waals surface area contributed by atoms with Gasteiger partial charge in [0.05, 0.1) is 29.9 Å². The van der Waals surface area contributed by atoms with Crippen molar-refractivity contribution in [1.29, 1.82) is 0 Å². The third-order valence-corrected chi connectivity index (χ3v) is 8.09. The van der Waals surface area contributed by atoms with E-state index in [1.807, 2.05) is 0 Å². The fourth-order valence-corrected chi connectivity index (χ4v) is 5.62. The second kappa shape index (κ2) is 9.16. The summed E-state index contributed by atoms with van der Waals surface area (Å²) in [5.41, 5.74) is -0.847. The van der Waals surface area contributed by atoms with Crippen molar-refractivity contribution >= 4 is 33.6 Å². The van der Waals surface area contributed by atoms with E-state index < -0.39 is 40.0 Å². The van der Waals surface area contributed by atoms with Crippen molar-refractivity contribution < 1.29 is 32.3 Å². The van der Waals surface area contributed by atoms with E-state index >= 15 is 0 Å². The number of hydrogen-bond donors (Lipinski definition) is 2. The number of morpholine rings is 1. The standard InChI is InChI=1S/C22H30N4O7S/c1-14(2)33-18-7-6-16(34(30,31)25-8-10-32-11-9-25)12-17(18)23-19(27)13-26-20(28)22(3,15-4-5-15)24-21(26)29/h6-7,12,14-15H,4-5,8-11,13H2,1-3H3,(H,23,27)(H,24,29)/t22-/m0/s1. The molecule has 1 aromatic rings. The van der Waals surface area contributed by atoms with Crippen molar-refractivity contribution in [3.05, 3.63) is 18.2 Å². The summed E-state index contributed by atoms with van der Waals surface area (Å²) in [4.78, 5) is 38.9. The summed E-state index contributed by atoms with van der Waals surface area (Å²) in [6.45, 7) is 5.88. The molecule has 3 aliphatic rings. The minimum atomic E-state index is -3.81. The van der Waals surface area contributed by atoms with E-state index in [4.69, 9.17) is 9.47 Å². The second-order valence-corrected chi connectivity index (χ2v) is 11.1. The van der Waals surface area contributed by atoms with Crippen LogP contribution in [0.25, 0.3) is 0 Å². The predicted octanol–water partition coefficient (Wildman–Crippen LogP) is 1.15. The maximum absolute atomic E-state index is 13.1. The fraction of sp³-hybridized carbons (Fsp3) is 0.591. The normalized spacial score (nSPS) is 23.8. The number of nitrogens with zero attached hydrogens (tertiary/aromatic N) is 2. The van der Waals surface area contributed by atoms with Gasteiger partial charge in [-0.05, 0) is 57.7 Å². The number of sulfonamides is 1. The molecule has 4 amide bonds. The molecule has 2 saturated heterocycles. The van der Waals surface area contributed by atoms with Crippen LogP contribution in [-0.2, 0) is 24.3 Å². The van der Waals surface area contributed by atoms with Crippen molar-refractivity contribution in [2.45, 2.75) is 50.2 Å². The number of hydrogen-bond acceptors (Lipinski definition) is 7. The highest BCUT2D eigenvalue weighted by molar-refractivity contribution is 7.89. The molecule has 186 valence electrons. The van der Waals surface area contributed by atoms with Gasteiger partial charge in [-0.3, -0.25) is 14.5 Å². The minimum absolute atomic E-state index is 0.00268. The number of nitrogens with one attached hydrogen (secondary N) is 2. The van der Waals surface area contributed by atoms with Gasteiger partial charge in [0.25, 0.3) is 5.91 Å². The number of imide groups is 1. The van der Waals surface area contributed by atoms with Crippen LogP contribution in [0.15, 0.2) is 23.1 Å². The molecule has 34 heavy (non-hydrogen) atoms. The van der Waals surface area contributed by atoms with Gasteiger partial charge in [0.2, 0.25) is 15.9 Å². The fourth-order valence-electron chi connectivity index (χ4n) is 4.19. The first-order valence-corrected chi connectivity index (χ1v) is 12.8. The molecule has 4 rings (SSSR count). The maximum Gasteiger partial charge on any atom is 0.325 e. The zero-order valence-corrected chi connectivity index (χ0v) is 20.3. The number of ether oxygens (including phenoxy) is 2. The average Bonchev–Trinajstić information content (AvgIpc) is 3.61. The van der Waals surface area contributed by atoms with Gasteiger partial charge in [-0.25, -0.2) is 13.2 Å². The van der Waals surface area contributed by atoms with E-state index in [2.05, 4.69) is 10.6 Å². The van der Waals surface area contributed by atoms with Crippen LogP contribution in [-0.4, -0.2) is 80.0 Å². The summed E-state index contributed by atoms with van der Waals surface area (Å²) in [6, 6.07) is 3.63. The number of urea groups is 1. The molecule has 12 heteroatoms. The first kappa shape index (κ1) is 24.4. The summed E-state index contributed by atoms with van der Waals surface area (Å²) in [5.74, 6) is -0.718. The Morgan fingerprint density at radius 2 is 1.94 bits per heavy atom. The van der Waals surface area contributed by atoms with E-state index in [1.54, 1.807) is 20.8 Å². The minimum Gasteiger partial charge on any atom is -0.489 e. The number of benzene rings is 1. The summed E-state index contributed by atoms with van der Waals surface area (Å²) in [5, 5.41) is 5.33. The van der Waals surface area contributed by atoms with Crippen molar-refractivity contribution in [3.8, 4) is 5.75 Å². The molecule has 2 aliphatic heterocycles. The Kier molecular flexibility index (Phi) is 6.58. The highest BCUT2D eigenvalue weighted by atomic mass is 32.2. The summed E-state index contributed by atoms with van der Waals surface area (Å²) >= 11 is 0. The predicted molar refractivity (Wildman–Crippen MR) is 122 cm³/mol. The van der Waals surface area contributed by atoms with Crippen LogP contribution in [0.2, 0.25) is 0 Å². The van der Waals surface area contributed by atoms with Gasteiger partial charge in [-0.15, -0.1) is 0 Å². The number of rotatable bonds is 8. The smallest absolute Gasteiger partial charge is 0.325 e. The molecule has 1 saturated carbocycles. The zero-order chi connectivity index (χ0) is 24.7. The Morgan fingerprint density at radius 1 is 1.26 bits per heavy atom. The molecule has 0 unspecified atom stereocenters. The second-order valence-electron chi connectivity index (χ2n) is 9.19. The highest BCUT2D eigenvalue weighted by Gasteiger charge is 2.56. The molecule has 0 bridgehead atoms. The van der Waals surface area contributed by atoms with E-state index in [0.29, 0.717) is 13.2 Å². The number of amides is 4. The van der Waals surface area contributed by atoms with E-state index in [0.717, 1.165) is 17.7 Å². The lowest BCUT2D eigenvalue weighted by Crippen LogP contribution is -2.46. The number of anilines is 1. The largest absolute Gasteiger partial charge is 0.489 e. The maximum atomic E-state index is 13.1. The number of carbonyl (C=O) groups excluding carboxylic acids is 3. The lowest BCUT2D eigenvalue weighted by Gasteiger charge is -2.26. The lowest BCUT2D eigenvalue weighted by atomic mass is 9.96. The zero-order valence-electron chi connectivity index (χ0n) is 19.5. The first-order chi connectivity index (χ1) is 16.0. The summed E-state index contributed by atoms with van der Waals surface area (Å²) in [6.07, 6.45) is 1.47. The van der Waals surface area contributed by atoms with Gasteiger partial charge in [0, 0.05) is 13.1 Å². The van der Waals surface area contributed by atoms with Crippen molar-refractivity contribution in [1.82, 2.24) is 14.5 Å². The van der Waals surface area contributed by atoms with E-state index in [-0.39, 0.29) is 41.4 Å². The summed E-state index contributed by atoms with van der Waals surface area (Å²) in [7, 11) is -3.81. The van der Waals surface area contributed by atoms with E-state index in [9.17, 15) is 22.8 Å². The SMILES string of the molecule is CC(C)Oc1ccc(S(=O)(=O)N2CCOCC2)cc1NC(=O)CN1C(=O)N[C@@](C)(C2CC2)C1=O. The molecular formula is C22H30N4O7S. The first-order valence-electron chi connectivity index (χ1n) is 11.3. The molecule has 3 fully saturated rings. The molecule has 2 heterocycles. The van der Waals surface area contributed by atoms with Crippen LogP contribution in [0.5, 0.6) is 5.75 Å². The highest BCUT2D eigenvalue weighted by Crippen LogP contribution is 2.42. The lowest BCUT2D eigenvalue weighted by molar-refractivity contribution is -0.134. The van der Waals surface area contributed by atoms with Gasteiger partial charge < -0.3 is 20.1 Å². The van der Waals surface area contributed by atoms with Gasteiger partial charge in [-0.2, -0.15) is 4.31 Å². The summed E-state index contributed by atoms with van der Waals surface area (Å²) < 4.78 is 38.5. The monoisotopic (exact) mass is 494 g/mol. The van der Waals surface area contributed by atoms with Crippen molar-refractivity contribution in [2.24, 2.45) is 5.92 Å². The molecule has 11 nitrogen and oxygen atoms in total. The Balaban J connectivity index is 1.54. The third kappa shape index (κ3) is 4.75. The molecule has 1 atom stereocenters. The van der Waals surface area contributed by atoms with Gasteiger partial charge in [-0.1, -0.05) is 0 Å². The van der Waals surface area contributed by atoms with Crippen LogP contribution >= 0.6 is 0 Å². The molecular weight excluding hydrogens is 464 g/mol. The van der Waals surface area contributed by atoms with Crippen LogP contribution < -0.4 is 15.4 Å². The Hall–Kier alpha value is -2.70. The third-order valence-electron chi connectivity index (χ3n) is 6.19. The molecule has 1 aliphatic carbocycles.